The van der Waals surface area contributed by atoms with Gasteiger partial charge in [0.25, 0.3) is 0 Å². The lowest BCUT2D eigenvalue weighted by Crippen LogP contribution is -2.36. The summed E-state index contributed by atoms with van der Waals surface area (Å²) < 4.78 is 27.0. The fourth-order valence-electron chi connectivity index (χ4n) is 1.74. The zero-order valence-corrected chi connectivity index (χ0v) is 9.50. The maximum Gasteiger partial charge on any atom is 0.305 e. The number of methoxy groups -OCH3 is 1. The van der Waals surface area contributed by atoms with Gasteiger partial charge in [-0.3, -0.25) is 4.79 Å². The number of aliphatic hydroxyl groups excluding tert-OH is 1. The first-order valence-corrected chi connectivity index (χ1v) is 6.72. The summed E-state index contributed by atoms with van der Waals surface area (Å²) in [5.41, 5.74) is 0. The summed E-state index contributed by atoms with van der Waals surface area (Å²) in [6, 6.07) is 0. The predicted octanol–water partition coefficient (Wildman–Crippen LogP) is -0.265. The third-order valence-corrected chi connectivity index (χ3v) is 4.48. The van der Waals surface area contributed by atoms with Gasteiger partial charge in [-0.2, -0.15) is 0 Å². The highest BCUT2D eigenvalue weighted by molar-refractivity contribution is 7.91. The van der Waals surface area contributed by atoms with E-state index in [1.54, 1.807) is 0 Å². The largest absolute Gasteiger partial charge is 0.469 e. The molecule has 0 bridgehead atoms. The van der Waals surface area contributed by atoms with Gasteiger partial charge in [0.15, 0.2) is 9.84 Å². The minimum absolute atomic E-state index is 0.0227. The van der Waals surface area contributed by atoms with Crippen LogP contribution in [-0.4, -0.2) is 44.2 Å². The summed E-state index contributed by atoms with van der Waals surface area (Å²) in [5, 5.41) is 9.57. The van der Waals surface area contributed by atoms with E-state index in [0.717, 1.165) is 0 Å². The van der Waals surface area contributed by atoms with E-state index in [2.05, 4.69) is 4.74 Å². The monoisotopic (exact) mass is 236 g/mol. The van der Waals surface area contributed by atoms with Gasteiger partial charge in [-0.1, -0.05) is 0 Å². The van der Waals surface area contributed by atoms with Crippen molar-refractivity contribution in [3.05, 3.63) is 0 Å². The summed E-state index contributed by atoms with van der Waals surface area (Å²) in [4.78, 5) is 10.9. The summed E-state index contributed by atoms with van der Waals surface area (Å²) in [5.74, 6) is -0.679. The van der Waals surface area contributed by atoms with Gasteiger partial charge in [-0.25, -0.2) is 8.42 Å². The number of aliphatic hydroxyl groups is 1. The number of sulfone groups is 1. The van der Waals surface area contributed by atoms with Gasteiger partial charge in [0.05, 0.1) is 24.7 Å². The molecule has 0 unspecified atom stereocenters. The van der Waals surface area contributed by atoms with Gasteiger partial charge in [0, 0.05) is 6.42 Å². The molecule has 0 aliphatic carbocycles. The van der Waals surface area contributed by atoms with Crippen LogP contribution in [0.25, 0.3) is 0 Å². The van der Waals surface area contributed by atoms with E-state index in [9.17, 15) is 18.3 Å². The van der Waals surface area contributed by atoms with Crippen LogP contribution < -0.4 is 0 Å². The normalized spacial score (nSPS) is 29.7. The smallest absolute Gasteiger partial charge is 0.305 e. The number of ether oxygens (including phenoxy) is 1. The number of hydrogen-bond donors (Lipinski definition) is 1. The number of hydrogen-bond acceptors (Lipinski definition) is 5. The summed E-state index contributed by atoms with van der Waals surface area (Å²) in [6.45, 7) is 0. The number of carbonyl (C=O) groups excluding carboxylic acids is 1. The zero-order chi connectivity index (χ0) is 11.5. The predicted molar refractivity (Wildman–Crippen MR) is 54.0 cm³/mol. The second-order valence-electron chi connectivity index (χ2n) is 3.85. The van der Waals surface area contributed by atoms with E-state index >= 15 is 0 Å². The molecule has 1 rings (SSSR count). The fourth-order valence-corrected chi connectivity index (χ4v) is 3.55. The quantitative estimate of drug-likeness (QED) is 0.682. The summed E-state index contributed by atoms with van der Waals surface area (Å²) in [6.07, 6.45) is 0.188. The minimum atomic E-state index is -3.03. The van der Waals surface area contributed by atoms with Crippen LogP contribution in [0.5, 0.6) is 0 Å². The molecule has 0 aromatic carbocycles. The molecule has 0 amide bonds. The van der Waals surface area contributed by atoms with E-state index < -0.39 is 15.9 Å². The van der Waals surface area contributed by atoms with Gasteiger partial charge in [-0.15, -0.1) is 0 Å². The van der Waals surface area contributed by atoms with Gasteiger partial charge in [0.1, 0.15) is 0 Å². The molecule has 1 heterocycles. The summed E-state index contributed by atoms with van der Waals surface area (Å²) >= 11 is 0. The van der Waals surface area contributed by atoms with E-state index in [0.29, 0.717) is 6.42 Å². The molecular weight excluding hydrogens is 220 g/mol. The maximum absolute atomic E-state index is 11.3. The molecule has 2 atom stereocenters. The van der Waals surface area contributed by atoms with Crippen LogP contribution >= 0.6 is 0 Å². The van der Waals surface area contributed by atoms with Crippen molar-refractivity contribution in [1.82, 2.24) is 0 Å². The van der Waals surface area contributed by atoms with Crippen molar-refractivity contribution >= 4 is 15.8 Å². The Morgan fingerprint density at radius 2 is 2.20 bits per heavy atom. The second kappa shape index (κ2) is 4.94. The number of rotatable bonds is 3. The lowest BCUT2D eigenvalue weighted by Gasteiger charge is -2.27. The average molecular weight is 236 g/mol. The molecule has 0 saturated carbocycles. The number of carbonyl (C=O) groups is 1. The summed E-state index contributed by atoms with van der Waals surface area (Å²) in [7, 11) is -1.74. The lowest BCUT2D eigenvalue weighted by atomic mass is 9.96. The minimum Gasteiger partial charge on any atom is -0.469 e. The van der Waals surface area contributed by atoms with Crippen molar-refractivity contribution in [2.24, 2.45) is 5.92 Å². The van der Waals surface area contributed by atoms with Crippen molar-refractivity contribution in [3.63, 3.8) is 0 Å². The Hall–Kier alpha value is -0.620. The lowest BCUT2D eigenvalue weighted by molar-refractivity contribution is -0.141. The molecule has 6 heteroatoms. The van der Waals surface area contributed by atoms with Crippen molar-refractivity contribution in [2.45, 2.75) is 25.4 Å². The third-order valence-electron chi connectivity index (χ3n) is 2.68. The fraction of sp³-hybridized carbons (Fsp3) is 0.889. The Balaban J connectivity index is 2.49. The van der Waals surface area contributed by atoms with Gasteiger partial charge < -0.3 is 9.84 Å². The maximum atomic E-state index is 11.3. The molecule has 0 spiro atoms. The van der Waals surface area contributed by atoms with Crippen LogP contribution in [-0.2, 0) is 19.4 Å². The van der Waals surface area contributed by atoms with Crippen LogP contribution in [0.1, 0.15) is 19.3 Å². The molecule has 1 N–H and O–H groups in total. The Morgan fingerprint density at radius 3 is 2.80 bits per heavy atom. The highest BCUT2D eigenvalue weighted by Gasteiger charge is 2.31. The molecule has 1 aliphatic heterocycles. The topological polar surface area (TPSA) is 80.7 Å². The van der Waals surface area contributed by atoms with E-state index in [-0.39, 0.29) is 36.2 Å². The SMILES string of the molecule is COC(=O)CC[C@H]1CS(=O)(=O)CC[C@H]1O. The van der Waals surface area contributed by atoms with Crippen LogP contribution in [0.3, 0.4) is 0 Å². The average Bonchev–Trinajstić information content (AvgIpc) is 2.19. The molecule has 0 aromatic rings. The molecule has 15 heavy (non-hydrogen) atoms. The number of esters is 1. The molecule has 88 valence electrons. The Kier molecular flexibility index (Phi) is 4.10. The van der Waals surface area contributed by atoms with Gasteiger partial charge in [-0.05, 0) is 18.8 Å². The first-order chi connectivity index (χ1) is 6.94. The Labute approximate surface area is 89.3 Å². The van der Waals surface area contributed by atoms with Crippen molar-refractivity contribution < 1.29 is 23.1 Å². The van der Waals surface area contributed by atoms with Crippen molar-refractivity contribution in [2.75, 3.05) is 18.6 Å². The van der Waals surface area contributed by atoms with Crippen LogP contribution in [0, 0.1) is 5.92 Å². The van der Waals surface area contributed by atoms with E-state index in [4.69, 9.17) is 0 Å². The first kappa shape index (κ1) is 12.4. The standard InChI is InChI=1S/C9H16O5S/c1-14-9(11)3-2-7-6-15(12,13)5-4-8(7)10/h7-8,10H,2-6H2,1H3/t7-,8+/m0/s1. The van der Waals surface area contributed by atoms with Crippen LogP contribution in [0.2, 0.25) is 0 Å². The Bertz CT molecular complexity index is 321. The molecular formula is C9H16O5S. The molecule has 1 saturated heterocycles. The molecule has 1 aliphatic rings. The van der Waals surface area contributed by atoms with Gasteiger partial charge in [0.2, 0.25) is 0 Å². The van der Waals surface area contributed by atoms with Crippen molar-refractivity contribution in [3.8, 4) is 0 Å². The second-order valence-corrected chi connectivity index (χ2v) is 6.07. The Morgan fingerprint density at radius 1 is 1.53 bits per heavy atom. The van der Waals surface area contributed by atoms with Crippen molar-refractivity contribution in [1.29, 1.82) is 0 Å². The highest BCUT2D eigenvalue weighted by atomic mass is 32.2. The first-order valence-electron chi connectivity index (χ1n) is 4.90. The van der Waals surface area contributed by atoms with Crippen LogP contribution in [0.15, 0.2) is 0 Å². The third kappa shape index (κ3) is 3.79. The zero-order valence-electron chi connectivity index (χ0n) is 8.68. The van der Waals surface area contributed by atoms with E-state index in [1.807, 2.05) is 0 Å². The molecule has 0 aromatic heterocycles. The van der Waals surface area contributed by atoms with Crippen LogP contribution in [0.4, 0.5) is 0 Å². The highest BCUT2D eigenvalue weighted by Crippen LogP contribution is 2.23. The molecule has 0 radical (unpaired) electrons. The van der Waals surface area contributed by atoms with E-state index in [1.165, 1.54) is 7.11 Å². The molecule has 1 fully saturated rings. The molecule has 5 nitrogen and oxygen atoms in total. The van der Waals surface area contributed by atoms with Gasteiger partial charge >= 0.3 is 5.97 Å².